The van der Waals surface area contributed by atoms with Crippen LogP contribution in [0.25, 0.3) is 0 Å². The lowest BCUT2D eigenvalue weighted by atomic mass is 9.89. The van der Waals surface area contributed by atoms with Crippen LogP contribution in [0.4, 0.5) is 5.69 Å². The summed E-state index contributed by atoms with van der Waals surface area (Å²) in [6.45, 7) is 5.08. The first-order valence-electron chi connectivity index (χ1n) is 8.92. The van der Waals surface area contributed by atoms with Gasteiger partial charge in [-0.25, -0.2) is 0 Å². The molecule has 2 rings (SSSR count). The number of fused-ring (bicyclic) bond motifs is 1. The average Bonchev–Trinajstić information content (AvgIpc) is 2.62. The van der Waals surface area contributed by atoms with E-state index in [1.165, 1.54) is 0 Å². The summed E-state index contributed by atoms with van der Waals surface area (Å²) < 4.78 is 5.32. The number of nitrogens with zero attached hydrogens (tertiary/aromatic N) is 1. The van der Waals surface area contributed by atoms with Gasteiger partial charge in [-0.15, -0.1) is 0 Å². The summed E-state index contributed by atoms with van der Waals surface area (Å²) >= 11 is 0. The van der Waals surface area contributed by atoms with Gasteiger partial charge in [0.05, 0.1) is 11.8 Å². The first kappa shape index (κ1) is 19.9. The maximum Gasteiger partial charge on any atom is 0.308 e. The van der Waals surface area contributed by atoms with Crippen molar-refractivity contribution in [2.24, 2.45) is 5.92 Å². The molecule has 1 heterocycles. The summed E-state index contributed by atoms with van der Waals surface area (Å²) in [6, 6.07) is 7.23. The Morgan fingerprint density at radius 2 is 2.12 bits per heavy atom. The molecule has 26 heavy (non-hydrogen) atoms. The zero-order valence-electron chi connectivity index (χ0n) is 15.2. The molecule has 0 saturated carbocycles. The largest absolute Gasteiger partial charge is 0.481 e. The monoisotopic (exact) mass is 362 g/mol. The maximum absolute atomic E-state index is 13.1. The molecule has 2 N–H and O–H groups in total. The Bertz CT molecular complexity index is 661. The van der Waals surface area contributed by atoms with Gasteiger partial charge in [-0.3, -0.25) is 14.4 Å². The van der Waals surface area contributed by atoms with Gasteiger partial charge in [0.1, 0.15) is 0 Å². The number of para-hydroxylation sites is 1. The lowest BCUT2D eigenvalue weighted by Gasteiger charge is -2.31. The minimum atomic E-state index is -0.950. The van der Waals surface area contributed by atoms with E-state index in [2.05, 4.69) is 5.32 Å². The molecule has 0 aromatic heterocycles. The van der Waals surface area contributed by atoms with Crippen molar-refractivity contribution < 1.29 is 24.2 Å². The predicted octanol–water partition coefficient (Wildman–Crippen LogP) is 2.09. The molecule has 0 fully saturated rings. The molecule has 7 nitrogen and oxygen atoms in total. The van der Waals surface area contributed by atoms with Gasteiger partial charge < -0.3 is 20.1 Å². The smallest absolute Gasteiger partial charge is 0.308 e. The van der Waals surface area contributed by atoms with Crippen LogP contribution in [0.3, 0.4) is 0 Å². The van der Waals surface area contributed by atoms with E-state index in [-0.39, 0.29) is 24.8 Å². The van der Waals surface area contributed by atoms with Crippen molar-refractivity contribution in [2.45, 2.75) is 32.6 Å². The molecule has 0 bridgehead atoms. The summed E-state index contributed by atoms with van der Waals surface area (Å²) in [5.41, 5.74) is 1.41. The summed E-state index contributed by atoms with van der Waals surface area (Å²) in [4.78, 5) is 37.9. The van der Waals surface area contributed by atoms with E-state index in [0.717, 1.165) is 5.56 Å². The van der Waals surface area contributed by atoms with Crippen LogP contribution >= 0.6 is 0 Å². The zero-order valence-corrected chi connectivity index (χ0v) is 15.2. The Labute approximate surface area is 153 Å². The molecule has 0 saturated heterocycles. The van der Waals surface area contributed by atoms with Gasteiger partial charge >= 0.3 is 5.97 Å². The van der Waals surface area contributed by atoms with E-state index in [4.69, 9.17) is 4.74 Å². The first-order valence-corrected chi connectivity index (χ1v) is 8.92. The predicted molar refractivity (Wildman–Crippen MR) is 96.9 cm³/mol. The van der Waals surface area contributed by atoms with Gasteiger partial charge in [0.2, 0.25) is 11.8 Å². The number of carbonyl (C=O) groups is 3. The lowest BCUT2D eigenvalue weighted by molar-refractivity contribution is -0.144. The van der Waals surface area contributed by atoms with Crippen LogP contribution in [-0.4, -0.2) is 54.1 Å². The minimum absolute atomic E-state index is 0.0687. The number of carboxylic acids is 1. The molecule has 1 aliphatic heterocycles. The fourth-order valence-corrected chi connectivity index (χ4v) is 3.05. The third-order valence-electron chi connectivity index (χ3n) is 4.45. The molecule has 0 radical (unpaired) electrons. The van der Waals surface area contributed by atoms with Crippen LogP contribution in [0.15, 0.2) is 24.3 Å². The number of carbonyl (C=O) groups excluding carboxylic acids is 2. The number of hydrogen-bond donors (Lipinski definition) is 2. The molecule has 0 spiro atoms. The number of carboxylic acid groups (broad SMARTS) is 1. The fourth-order valence-electron chi connectivity index (χ4n) is 3.05. The zero-order chi connectivity index (χ0) is 19.1. The number of rotatable bonds is 9. The van der Waals surface area contributed by atoms with E-state index < -0.39 is 17.8 Å². The molecular formula is C19H26N2O5. The second-order valence-corrected chi connectivity index (χ2v) is 6.47. The van der Waals surface area contributed by atoms with Crippen molar-refractivity contribution in [3.63, 3.8) is 0 Å². The van der Waals surface area contributed by atoms with E-state index in [9.17, 15) is 19.5 Å². The number of amides is 2. The highest BCUT2D eigenvalue weighted by Gasteiger charge is 2.34. The number of hydrogen-bond acceptors (Lipinski definition) is 4. The van der Waals surface area contributed by atoms with E-state index in [1.54, 1.807) is 24.0 Å². The van der Waals surface area contributed by atoms with Gasteiger partial charge in [-0.2, -0.15) is 0 Å². The standard InChI is InChI=1S/C19H26N2O5/c1-3-26-10-6-9-21(12-13(2)19(24)25)18(23)15-11-17(22)20-16-8-5-4-7-14(15)16/h4-5,7-8,13,15H,3,6,9-12H2,1-2H3,(H,20,22)(H,24,25). The SMILES string of the molecule is CCOCCCN(CC(C)C(=O)O)C(=O)C1CC(=O)Nc2ccccc21. The molecular weight excluding hydrogens is 336 g/mol. The lowest BCUT2D eigenvalue weighted by Crippen LogP contribution is -2.42. The van der Waals surface area contributed by atoms with Gasteiger partial charge in [0.15, 0.2) is 0 Å². The molecule has 2 unspecified atom stereocenters. The third-order valence-corrected chi connectivity index (χ3v) is 4.45. The summed E-state index contributed by atoms with van der Waals surface area (Å²) in [7, 11) is 0. The number of anilines is 1. The average molecular weight is 362 g/mol. The Kier molecular flexibility index (Phi) is 7.15. The number of ether oxygens (including phenoxy) is 1. The molecule has 7 heteroatoms. The molecule has 1 aromatic carbocycles. The number of benzene rings is 1. The molecule has 2 atom stereocenters. The molecule has 1 aliphatic rings. The van der Waals surface area contributed by atoms with E-state index in [1.807, 2.05) is 19.1 Å². The second-order valence-electron chi connectivity index (χ2n) is 6.47. The third kappa shape index (κ3) is 5.05. The highest BCUT2D eigenvalue weighted by atomic mass is 16.5. The summed E-state index contributed by atoms with van der Waals surface area (Å²) in [5.74, 6) is -2.64. The molecule has 0 aliphatic carbocycles. The van der Waals surface area contributed by atoms with Crippen molar-refractivity contribution in [1.82, 2.24) is 4.90 Å². The minimum Gasteiger partial charge on any atom is -0.481 e. The van der Waals surface area contributed by atoms with E-state index in [0.29, 0.717) is 31.9 Å². The van der Waals surface area contributed by atoms with Crippen LogP contribution in [0.2, 0.25) is 0 Å². The molecule has 1 aromatic rings. The second kappa shape index (κ2) is 9.33. The van der Waals surface area contributed by atoms with Gasteiger partial charge in [-0.1, -0.05) is 25.1 Å². The summed E-state index contributed by atoms with van der Waals surface area (Å²) in [6.07, 6.45) is 0.686. The van der Waals surface area contributed by atoms with Crippen LogP contribution in [0.5, 0.6) is 0 Å². The van der Waals surface area contributed by atoms with Crippen molar-refractivity contribution in [2.75, 3.05) is 31.6 Å². The Morgan fingerprint density at radius 1 is 1.38 bits per heavy atom. The quantitative estimate of drug-likeness (QED) is 0.656. The number of nitrogens with one attached hydrogen (secondary N) is 1. The van der Waals surface area contributed by atoms with Crippen LogP contribution in [0.1, 0.15) is 38.2 Å². The molecule has 142 valence electrons. The summed E-state index contributed by atoms with van der Waals surface area (Å²) in [5, 5.41) is 12.0. The highest BCUT2D eigenvalue weighted by molar-refractivity contribution is 6.01. The van der Waals surface area contributed by atoms with Crippen molar-refractivity contribution >= 4 is 23.5 Å². The van der Waals surface area contributed by atoms with E-state index >= 15 is 0 Å². The van der Waals surface area contributed by atoms with Gasteiger partial charge in [0, 0.05) is 38.4 Å². The highest BCUT2D eigenvalue weighted by Crippen LogP contribution is 2.33. The Hall–Kier alpha value is -2.41. The Balaban J connectivity index is 2.18. The maximum atomic E-state index is 13.1. The number of aliphatic carboxylic acids is 1. The molecule has 2 amide bonds. The normalized spacial score (nSPS) is 17.2. The van der Waals surface area contributed by atoms with Gasteiger partial charge in [-0.05, 0) is 25.0 Å². The fraction of sp³-hybridized carbons (Fsp3) is 0.526. The van der Waals surface area contributed by atoms with Crippen LogP contribution in [-0.2, 0) is 19.1 Å². The van der Waals surface area contributed by atoms with Crippen molar-refractivity contribution in [1.29, 1.82) is 0 Å². The van der Waals surface area contributed by atoms with Crippen LogP contribution < -0.4 is 5.32 Å². The van der Waals surface area contributed by atoms with Gasteiger partial charge in [0.25, 0.3) is 0 Å². The van der Waals surface area contributed by atoms with Crippen molar-refractivity contribution in [3.05, 3.63) is 29.8 Å². The van der Waals surface area contributed by atoms with Crippen LogP contribution in [0, 0.1) is 5.92 Å². The Morgan fingerprint density at radius 3 is 2.81 bits per heavy atom. The topological polar surface area (TPSA) is 95.9 Å². The van der Waals surface area contributed by atoms with Crippen molar-refractivity contribution in [3.8, 4) is 0 Å². The first-order chi connectivity index (χ1) is 12.4.